The van der Waals surface area contributed by atoms with Crippen molar-refractivity contribution in [2.24, 2.45) is 5.73 Å². The molecule has 1 heterocycles. The smallest absolute Gasteiger partial charge is 0.330 e. The van der Waals surface area contributed by atoms with Crippen LogP contribution in [0.1, 0.15) is 31.2 Å². The van der Waals surface area contributed by atoms with Crippen molar-refractivity contribution in [2.75, 3.05) is 7.11 Å². The van der Waals surface area contributed by atoms with E-state index in [0.29, 0.717) is 0 Å². The topological polar surface area (TPSA) is 70.1 Å². The number of hydrogen-bond acceptors (Lipinski definition) is 4. The molecule has 1 aromatic carbocycles. The highest BCUT2D eigenvalue weighted by molar-refractivity contribution is 5.88. The molecule has 0 aliphatic heterocycles. The van der Waals surface area contributed by atoms with Crippen LogP contribution in [-0.4, -0.2) is 22.6 Å². The van der Waals surface area contributed by atoms with E-state index in [1.807, 2.05) is 24.5 Å². The molecule has 0 atom stereocenters. The van der Waals surface area contributed by atoms with Gasteiger partial charge in [0.1, 0.15) is 0 Å². The molecule has 0 saturated heterocycles. The summed E-state index contributed by atoms with van der Waals surface area (Å²) >= 11 is 0. The first-order valence-corrected chi connectivity index (χ1v) is 7.15. The van der Waals surface area contributed by atoms with Crippen molar-refractivity contribution >= 4 is 23.1 Å². The molecule has 0 unspecified atom stereocenters. The molecule has 1 saturated carbocycles. The molecule has 1 aliphatic rings. The summed E-state index contributed by atoms with van der Waals surface area (Å²) in [6.07, 6.45) is 9.25. The maximum Gasteiger partial charge on any atom is 0.330 e. The number of aromatic nitrogens is 2. The highest BCUT2D eigenvalue weighted by Crippen LogP contribution is 2.34. The summed E-state index contributed by atoms with van der Waals surface area (Å²) in [5, 5.41) is 0. The third-order valence-corrected chi connectivity index (χ3v) is 4.13. The van der Waals surface area contributed by atoms with Gasteiger partial charge in [0, 0.05) is 6.08 Å². The molecule has 3 rings (SSSR count). The molecule has 2 aromatic rings. The first kappa shape index (κ1) is 13.8. The molecule has 0 spiro atoms. The standard InChI is InChI=1S/C16H19N3O2/c1-21-15(20)7-5-12-4-6-14-13(10-12)18-11-19(14)16(17)8-2-3-9-16/h4-7,10-11H,2-3,8-9,17H2,1H3. The SMILES string of the molecule is COC(=O)C=Cc1ccc2c(c1)ncn2C1(N)CCCC1. The third kappa shape index (κ3) is 2.56. The number of ether oxygens (including phenoxy) is 1. The lowest BCUT2D eigenvalue weighted by molar-refractivity contribution is -0.134. The zero-order valence-corrected chi connectivity index (χ0v) is 12.1. The number of nitrogens with zero attached hydrogens (tertiary/aromatic N) is 2. The van der Waals surface area contributed by atoms with Gasteiger partial charge in [0.25, 0.3) is 0 Å². The van der Waals surface area contributed by atoms with Gasteiger partial charge in [0.05, 0.1) is 30.1 Å². The molecule has 1 aromatic heterocycles. The van der Waals surface area contributed by atoms with Crippen molar-refractivity contribution in [2.45, 2.75) is 31.3 Å². The van der Waals surface area contributed by atoms with Crippen molar-refractivity contribution in [1.29, 1.82) is 0 Å². The summed E-state index contributed by atoms with van der Waals surface area (Å²) in [5.74, 6) is -0.368. The van der Waals surface area contributed by atoms with Gasteiger partial charge in [-0.25, -0.2) is 9.78 Å². The van der Waals surface area contributed by atoms with Crippen LogP contribution in [0.4, 0.5) is 0 Å². The molecular weight excluding hydrogens is 266 g/mol. The number of fused-ring (bicyclic) bond motifs is 1. The van der Waals surface area contributed by atoms with E-state index in [-0.39, 0.29) is 11.6 Å². The Morgan fingerprint density at radius 1 is 1.43 bits per heavy atom. The largest absolute Gasteiger partial charge is 0.466 e. The number of esters is 1. The fourth-order valence-corrected chi connectivity index (χ4v) is 2.95. The molecule has 0 amide bonds. The maximum absolute atomic E-state index is 11.1. The lowest BCUT2D eigenvalue weighted by Crippen LogP contribution is -2.39. The van der Waals surface area contributed by atoms with Crippen LogP contribution in [0.2, 0.25) is 0 Å². The monoisotopic (exact) mass is 285 g/mol. The molecule has 2 N–H and O–H groups in total. The van der Waals surface area contributed by atoms with Gasteiger partial charge in [0.2, 0.25) is 0 Å². The highest BCUT2D eigenvalue weighted by Gasteiger charge is 2.32. The number of carbonyl (C=O) groups excluding carboxylic acids is 1. The molecule has 1 aliphatic carbocycles. The number of nitrogens with two attached hydrogens (primary N) is 1. The highest BCUT2D eigenvalue weighted by atomic mass is 16.5. The third-order valence-electron chi connectivity index (χ3n) is 4.13. The van der Waals surface area contributed by atoms with Gasteiger partial charge < -0.3 is 15.0 Å². The number of rotatable bonds is 3. The van der Waals surface area contributed by atoms with E-state index in [1.165, 1.54) is 13.2 Å². The number of methoxy groups -OCH3 is 1. The molecule has 5 nitrogen and oxygen atoms in total. The van der Waals surface area contributed by atoms with E-state index in [2.05, 4.69) is 14.3 Å². The zero-order chi connectivity index (χ0) is 14.9. The Bertz CT molecular complexity index is 697. The molecule has 0 bridgehead atoms. The molecule has 1 fully saturated rings. The van der Waals surface area contributed by atoms with E-state index >= 15 is 0 Å². The Balaban J connectivity index is 1.94. The fourth-order valence-electron chi connectivity index (χ4n) is 2.95. The molecule has 0 radical (unpaired) electrons. The van der Waals surface area contributed by atoms with Crippen LogP contribution in [0.15, 0.2) is 30.6 Å². The lowest BCUT2D eigenvalue weighted by Gasteiger charge is -2.26. The van der Waals surface area contributed by atoms with Crippen LogP contribution in [0, 0.1) is 0 Å². The normalized spacial score (nSPS) is 17.6. The fraction of sp³-hybridized carbons (Fsp3) is 0.375. The van der Waals surface area contributed by atoms with Crippen LogP contribution >= 0.6 is 0 Å². The van der Waals surface area contributed by atoms with E-state index in [1.54, 1.807) is 6.08 Å². The maximum atomic E-state index is 11.1. The summed E-state index contributed by atoms with van der Waals surface area (Å²) in [6.45, 7) is 0. The Kier molecular flexibility index (Phi) is 3.51. The second kappa shape index (κ2) is 5.33. The lowest BCUT2D eigenvalue weighted by atomic mass is 10.1. The van der Waals surface area contributed by atoms with Crippen molar-refractivity contribution in [1.82, 2.24) is 9.55 Å². The Morgan fingerprint density at radius 2 is 2.19 bits per heavy atom. The van der Waals surface area contributed by atoms with Gasteiger partial charge in [-0.05, 0) is 49.5 Å². The number of hydrogen-bond donors (Lipinski definition) is 1. The predicted octanol–water partition coefficient (Wildman–Crippen LogP) is 2.41. The summed E-state index contributed by atoms with van der Waals surface area (Å²) in [7, 11) is 1.36. The minimum absolute atomic E-state index is 0.307. The predicted molar refractivity (Wildman–Crippen MR) is 81.4 cm³/mol. The Hall–Kier alpha value is -2.14. The van der Waals surface area contributed by atoms with Gasteiger partial charge in [-0.15, -0.1) is 0 Å². The molecule has 110 valence electrons. The second-order valence-electron chi connectivity index (χ2n) is 5.53. The van der Waals surface area contributed by atoms with E-state index in [9.17, 15) is 4.79 Å². The Labute approximate surface area is 123 Å². The van der Waals surface area contributed by atoms with Crippen molar-refractivity contribution < 1.29 is 9.53 Å². The van der Waals surface area contributed by atoms with Crippen LogP contribution in [-0.2, 0) is 15.2 Å². The summed E-state index contributed by atoms with van der Waals surface area (Å²) in [6, 6.07) is 5.91. The quantitative estimate of drug-likeness (QED) is 0.694. The summed E-state index contributed by atoms with van der Waals surface area (Å²) in [4.78, 5) is 15.6. The van der Waals surface area contributed by atoms with Gasteiger partial charge in [-0.1, -0.05) is 6.07 Å². The van der Waals surface area contributed by atoms with E-state index < -0.39 is 0 Å². The van der Waals surface area contributed by atoms with Gasteiger partial charge in [0.15, 0.2) is 0 Å². The zero-order valence-electron chi connectivity index (χ0n) is 12.1. The van der Waals surface area contributed by atoms with Crippen molar-refractivity contribution in [3.63, 3.8) is 0 Å². The van der Waals surface area contributed by atoms with Crippen LogP contribution in [0.3, 0.4) is 0 Å². The molecule has 21 heavy (non-hydrogen) atoms. The number of carbonyl (C=O) groups is 1. The average molecular weight is 285 g/mol. The minimum Gasteiger partial charge on any atom is -0.466 e. The second-order valence-corrected chi connectivity index (χ2v) is 5.53. The molecule has 5 heteroatoms. The first-order valence-electron chi connectivity index (χ1n) is 7.15. The molecular formula is C16H19N3O2. The van der Waals surface area contributed by atoms with Crippen LogP contribution < -0.4 is 5.73 Å². The van der Waals surface area contributed by atoms with Crippen LogP contribution in [0.5, 0.6) is 0 Å². The average Bonchev–Trinajstić information content (AvgIpc) is 3.11. The van der Waals surface area contributed by atoms with Gasteiger partial charge >= 0.3 is 5.97 Å². The number of benzene rings is 1. The first-order chi connectivity index (χ1) is 10.1. The minimum atomic E-state index is -0.368. The summed E-state index contributed by atoms with van der Waals surface area (Å²) < 4.78 is 6.67. The van der Waals surface area contributed by atoms with Crippen LogP contribution in [0.25, 0.3) is 17.1 Å². The number of imidazole rings is 1. The van der Waals surface area contributed by atoms with Crippen molar-refractivity contribution in [3.8, 4) is 0 Å². The van der Waals surface area contributed by atoms with E-state index in [4.69, 9.17) is 5.73 Å². The van der Waals surface area contributed by atoms with Gasteiger partial charge in [-0.3, -0.25) is 0 Å². The van der Waals surface area contributed by atoms with E-state index in [0.717, 1.165) is 42.3 Å². The summed E-state index contributed by atoms with van der Waals surface area (Å²) in [5.41, 5.74) is 9.02. The Morgan fingerprint density at radius 3 is 2.90 bits per heavy atom. The van der Waals surface area contributed by atoms with Gasteiger partial charge in [-0.2, -0.15) is 0 Å². The van der Waals surface area contributed by atoms with Crippen molar-refractivity contribution in [3.05, 3.63) is 36.2 Å².